The molecule has 0 fully saturated rings. The molecule has 0 aliphatic heterocycles. The van der Waals surface area contributed by atoms with Crippen LogP contribution in [0.5, 0.6) is 5.75 Å². The Bertz CT molecular complexity index is 627. The third-order valence-corrected chi connectivity index (χ3v) is 3.79. The van der Waals surface area contributed by atoms with Crippen molar-refractivity contribution in [3.63, 3.8) is 0 Å². The Labute approximate surface area is 137 Å². The number of H-pyrrole nitrogens is 1. The van der Waals surface area contributed by atoms with E-state index in [4.69, 9.17) is 4.74 Å². The molecule has 0 bridgehead atoms. The number of aromatic nitrogens is 2. The average Bonchev–Trinajstić information content (AvgIpc) is 2.91. The number of rotatable bonds is 8. The Kier molecular flexibility index (Phi) is 6.12. The minimum atomic E-state index is -0.334. The van der Waals surface area contributed by atoms with Crippen molar-refractivity contribution in [3.8, 4) is 5.75 Å². The Hall–Kier alpha value is -1.92. The molecule has 1 aromatic carbocycles. The van der Waals surface area contributed by atoms with E-state index < -0.39 is 0 Å². The quantitative estimate of drug-likeness (QED) is 0.811. The second-order valence-electron chi connectivity index (χ2n) is 5.96. The lowest BCUT2D eigenvalue weighted by Crippen LogP contribution is -2.31. The zero-order valence-corrected chi connectivity index (χ0v) is 14.3. The molecule has 0 spiro atoms. The van der Waals surface area contributed by atoms with Crippen LogP contribution in [0.25, 0.3) is 0 Å². The Morgan fingerprint density at radius 2 is 2.00 bits per heavy atom. The summed E-state index contributed by atoms with van der Waals surface area (Å²) >= 11 is 0. The lowest BCUT2D eigenvalue weighted by Gasteiger charge is -2.24. The number of imidazole rings is 1. The number of likely N-dealkylation sites (N-methyl/N-ethyl adjacent to an activating group) is 1. The van der Waals surface area contributed by atoms with Crippen LogP contribution >= 0.6 is 0 Å². The molecule has 0 aliphatic carbocycles. The van der Waals surface area contributed by atoms with Gasteiger partial charge in [0, 0.05) is 31.9 Å². The Morgan fingerprint density at radius 1 is 1.22 bits per heavy atom. The van der Waals surface area contributed by atoms with Crippen LogP contribution in [0.1, 0.15) is 17.0 Å². The van der Waals surface area contributed by atoms with E-state index in [0.29, 0.717) is 0 Å². The molecule has 2 aromatic rings. The highest BCUT2D eigenvalue weighted by Crippen LogP contribution is 2.20. The maximum absolute atomic E-state index is 13.6. The molecule has 0 aliphatic rings. The molecule has 0 amide bonds. The maximum Gasteiger partial charge on any atom is 0.165 e. The summed E-state index contributed by atoms with van der Waals surface area (Å²) in [5, 5.41) is 0. The van der Waals surface area contributed by atoms with Crippen LogP contribution < -0.4 is 4.74 Å². The number of nitrogens with zero attached hydrogens (tertiary/aromatic N) is 3. The fourth-order valence-electron chi connectivity index (χ4n) is 2.37. The van der Waals surface area contributed by atoms with Crippen molar-refractivity contribution in [2.45, 2.75) is 20.0 Å². The van der Waals surface area contributed by atoms with Crippen molar-refractivity contribution in [2.75, 3.05) is 34.3 Å². The second-order valence-corrected chi connectivity index (χ2v) is 5.96. The highest BCUT2D eigenvalue weighted by molar-refractivity contribution is 5.30. The summed E-state index contributed by atoms with van der Waals surface area (Å²) < 4.78 is 18.6. The summed E-state index contributed by atoms with van der Waals surface area (Å²) in [5.41, 5.74) is 3.14. The van der Waals surface area contributed by atoms with Crippen molar-refractivity contribution in [2.24, 2.45) is 0 Å². The van der Waals surface area contributed by atoms with Crippen LogP contribution in [-0.2, 0) is 13.1 Å². The normalized spacial score (nSPS) is 11.4. The van der Waals surface area contributed by atoms with E-state index in [-0.39, 0.29) is 11.6 Å². The molecule has 0 saturated carbocycles. The Balaban J connectivity index is 2.11. The van der Waals surface area contributed by atoms with Crippen LogP contribution in [0, 0.1) is 12.7 Å². The van der Waals surface area contributed by atoms with Crippen molar-refractivity contribution < 1.29 is 9.13 Å². The number of benzene rings is 1. The predicted molar refractivity (Wildman–Crippen MR) is 88.9 cm³/mol. The number of halogens is 1. The number of ether oxygens (including phenoxy) is 1. The van der Waals surface area contributed by atoms with E-state index in [1.807, 2.05) is 6.92 Å². The summed E-state index contributed by atoms with van der Waals surface area (Å²) in [7, 11) is 5.59. The van der Waals surface area contributed by atoms with Gasteiger partial charge in [0.2, 0.25) is 0 Å². The molecule has 23 heavy (non-hydrogen) atoms. The summed E-state index contributed by atoms with van der Waals surface area (Å²) in [6.45, 7) is 5.34. The van der Waals surface area contributed by atoms with Gasteiger partial charge >= 0.3 is 0 Å². The zero-order valence-electron chi connectivity index (χ0n) is 14.3. The van der Waals surface area contributed by atoms with Gasteiger partial charge in [-0.25, -0.2) is 9.37 Å². The van der Waals surface area contributed by atoms with Crippen LogP contribution in [0.3, 0.4) is 0 Å². The molecule has 0 radical (unpaired) electrons. The van der Waals surface area contributed by atoms with E-state index in [9.17, 15) is 4.39 Å². The standard InChI is InChI=1S/C17H25FN4O/c1-13-16(20-12-19-13)11-22(8-7-21(2)3)10-14-5-6-15(18)17(9-14)23-4/h5-6,9,12H,7-8,10-11H2,1-4H3,(H,19,20). The van der Waals surface area contributed by atoms with Gasteiger partial charge in [-0.15, -0.1) is 0 Å². The number of hydrogen-bond donors (Lipinski definition) is 1. The van der Waals surface area contributed by atoms with E-state index in [2.05, 4.69) is 33.9 Å². The van der Waals surface area contributed by atoms with Crippen LogP contribution in [-0.4, -0.2) is 54.1 Å². The average molecular weight is 320 g/mol. The molecule has 1 heterocycles. The predicted octanol–water partition coefficient (Wildman–Crippen LogP) is 2.43. The first kappa shape index (κ1) is 17.4. The van der Waals surface area contributed by atoms with E-state index in [1.54, 1.807) is 18.5 Å². The zero-order chi connectivity index (χ0) is 16.8. The van der Waals surface area contributed by atoms with E-state index >= 15 is 0 Å². The summed E-state index contributed by atoms with van der Waals surface area (Å²) in [6.07, 6.45) is 1.72. The van der Waals surface area contributed by atoms with Crippen molar-refractivity contribution in [3.05, 3.63) is 47.3 Å². The van der Waals surface area contributed by atoms with Crippen molar-refractivity contribution in [1.82, 2.24) is 19.8 Å². The minimum Gasteiger partial charge on any atom is -0.494 e. The molecule has 5 nitrogen and oxygen atoms in total. The van der Waals surface area contributed by atoms with Crippen LogP contribution in [0.15, 0.2) is 24.5 Å². The number of methoxy groups -OCH3 is 1. The summed E-state index contributed by atoms with van der Waals surface area (Å²) in [6, 6.07) is 5.02. The fraction of sp³-hybridized carbons (Fsp3) is 0.471. The first-order valence-electron chi connectivity index (χ1n) is 7.68. The molecule has 126 valence electrons. The molecular weight excluding hydrogens is 295 g/mol. The van der Waals surface area contributed by atoms with Gasteiger partial charge in [-0.2, -0.15) is 0 Å². The first-order valence-corrected chi connectivity index (χ1v) is 7.68. The third-order valence-electron chi connectivity index (χ3n) is 3.79. The van der Waals surface area contributed by atoms with Crippen LogP contribution in [0.2, 0.25) is 0 Å². The molecule has 1 aromatic heterocycles. The lowest BCUT2D eigenvalue weighted by molar-refractivity contribution is 0.223. The van der Waals surface area contributed by atoms with Gasteiger partial charge in [-0.05, 0) is 38.7 Å². The van der Waals surface area contributed by atoms with E-state index in [0.717, 1.165) is 43.1 Å². The molecule has 0 atom stereocenters. The smallest absolute Gasteiger partial charge is 0.165 e. The van der Waals surface area contributed by atoms with Gasteiger partial charge in [0.15, 0.2) is 11.6 Å². The molecule has 0 saturated heterocycles. The number of aryl methyl sites for hydroxylation is 1. The van der Waals surface area contributed by atoms with Crippen molar-refractivity contribution >= 4 is 0 Å². The molecular formula is C17H25FN4O. The Morgan fingerprint density at radius 3 is 2.61 bits per heavy atom. The van der Waals surface area contributed by atoms with Crippen molar-refractivity contribution in [1.29, 1.82) is 0 Å². The molecule has 6 heteroatoms. The largest absolute Gasteiger partial charge is 0.494 e. The van der Waals surface area contributed by atoms with E-state index in [1.165, 1.54) is 13.2 Å². The highest BCUT2D eigenvalue weighted by atomic mass is 19.1. The topological polar surface area (TPSA) is 44.4 Å². The third kappa shape index (κ3) is 5.04. The molecule has 0 unspecified atom stereocenters. The number of hydrogen-bond acceptors (Lipinski definition) is 4. The monoisotopic (exact) mass is 320 g/mol. The van der Waals surface area contributed by atoms with Gasteiger partial charge in [0.1, 0.15) is 0 Å². The van der Waals surface area contributed by atoms with Gasteiger partial charge < -0.3 is 14.6 Å². The van der Waals surface area contributed by atoms with Gasteiger partial charge in [-0.1, -0.05) is 6.07 Å². The van der Waals surface area contributed by atoms with Crippen LogP contribution in [0.4, 0.5) is 4.39 Å². The van der Waals surface area contributed by atoms with Gasteiger partial charge in [0.25, 0.3) is 0 Å². The van der Waals surface area contributed by atoms with Gasteiger partial charge in [0.05, 0.1) is 19.1 Å². The lowest BCUT2D eigenvalue weighted by atomic mass is 10.2. The number of nitrogens with one attached hydrogen (secondary N) is 1. The summed E-state index contributed by atoms with van der Waals surface area (Å²) in [5.74, 6) is -0.0507. The SMILES string of the molecule is COc1cc(CN(CCN(C)C)Cc2nc[nH]c2C)ccc1F. The summed E-state index contributed by atoms with van der Waals surface area (Å²) in [4.78, 5) is 11.9. The highest BCUT2D eigenvalue weighted by Gasteiger charge is 2.12. The molecule has 2 rings (SSSR count). The minimum absolute atomic E-state index is 0.283. The number of aromatic amines is 1. The second kappa shape index (κ2) is 8.08. The fourth-order valence-corrected chi connectivity index (χ4v) is 2.37. The van der Waals surface area contributed by atoms with Gasteiger partial charge in [-0.3, -0.25) is 4.90 Å². The first-order chi connectivity index (χ1) is 11.0. The molecule has 1 N–H and O–H groups in total. The maximum atomic E-state index is 13.6.